The van der Waals surface area contributed by atoms with Gasteiger partial charge in [0.1, 0.15) is 6.04 Å². The van der Waals surface area contributed by atoms with Crippen LogP contribution in [0.4, 0.5) is 4.39 Å². The lowest BCUT2D eigenvalue weighted by molar-refractivity contribution is -0.138. The second-order valence-electron chi connectivity index (χ2n) is 5.27. The second kappa shape index (κ2) is 6.65. The van der Waals surface area contributed by atoms with Crippen molar-refractivity contribution in [3.8, 4) is 0 Å². The molecule has 1 atom stereocenters. The lowest BCUT2D eigenvalue weighted by atomic mass is 10.0. The van der Waals surface area contributed by atoms with E-state index in [1.807, 2.05) is 6.92 Å². The Bertz CT molecular complexity index is 535. The predicted octanol–water partition coefficient (Wildman–Crippen LogP) is 1.69. The summed E-state index contributed by atoms with van der Waals surface area (Å²) in [7, 11) is 1.73. The highest BCUT2D eigenvalue weighted by Crippen LogP contribution is 2.20. The Labute approximate surface area is 123 Å². The number of halogens is 1. The first-order valence-corrected chi connectivity index (χ1v) is 7.21. The normalized spacial score (nSPS) is 19.0. The first-order valence-electron chi connectivity index (χ1n) is 7.21. The maximum Gasteiger partial charge on any atom is 0.257 e. The number of amides is 2. The number of carbonyl (C=O) groups is 2. The van der Waals surface area contributed by atoms with Crippen molar-refractivity contribution < 1.29 is 14.0 Å². The third-order valence-corrected chi connectivity index (χ3v) is 3.81. The molecule has 0 radical (unpaired) electrons. The van der Waals surface area contributed by atoms with Crippen LogP contribution in [0.15, 0.2) is 18.5 Å². The fraction of sp³-hybridized carbons (Fsp3) is 0.533. The van der Waals surface area contributed by atoms with Crippen LogP contribution in [0.2, 0.25) is 0 Å². The number of hydrogen-bond acceptors (Lipinski definition) is 3. The average molecular weight is 293 g/mol. The molecule has 1 aromatic heterocycles. The Balaban J connectivity index is 2.24. The fourth-order valence-electron chi connectivity index (χ4n) is 2.53. The predicted molar refractivity (Wildman–Crippen MR) is 76.2 cm³/mol. The van der Waals surface area contributed by atoms with Crippen LogP contribution in [-0.2, 0) is 4.79 Å². The van der Waals surface area contributed by atoms with Crippen molar-refractivity contribution in [2.24, 2.45) is 0 Å². The minimum atomic E-state index is -0.650. The summed E-state index contributed by atoms with van der Waals surface area (Å²) in [5.74, 6) is -1.15. The van der Waals surface area contributed by atoms with Gasteiger partial charge in [-0.25, -0.2) is 4.39 Å². The van der Waals surface area contributed by atoms with E-state index >= 15 is 0 Å². The molecule has 0 N–H and O–H groups in total. The van der Waals surface area contributed by atoms with Crippen molar-refractivity contribution >= 4 is 11.8 Å². The number of piperazine rings is 1. The van der Waals surface area contributed by atoms with Crippen LogP contribution in [0, 0.1) is 5.82 Å². The number of nitrogens with zero attached hydrogens (tertiary/aromatic N) is 3. The Morgan fingerprint density at radius 1 is 1.48 bits per heavy atom. The van der Waals surface area contributed by atoms with E-state index in [4.69, 9.17) is 0 Å². The molecule has 1 saturated heterocycles. The highest BCUT2D eigenvalue weighted by molar-refractivity contribution is 5.98. The standard InChI is InChI=1S/C15H20FN3O2/c1-3-4-5-13-15(21)18(2)8-9-19(13)14(20)11-6-7-17-10-12(11)16/h6-7,10,13H,3-5,8-9H2,1-2H3/t13-/m1/s1. The number of rotatable bonds is 4. The van der Waals surface area contributed by atoms with Crippen LogP contribution in [0.3, 0.4) is 0 Å². The van der Waals surface area contributed by atoms with Gasteiger partial charge in [-0.1, -0.05) is 19.8 Å². The van der Waals surface area contributed by atoms with Gasteiger partial charge in [0.25, 0.3) is 5.91 Å². The number of unbranched alkanes of at least 4 members (excludes halogenated alkanes) is 1. The van der Waals surface area contributed by atoms with Crippen LogP contribution in [-0.4, -0.2) is 52.8 Å². The van der Waals surface area contributed by atoms with E-state index in [-0.39, 0.29) is 11.5 Å². The van der Waals surface area contributed by atoms with Gasteiger partial charge in [-0.05, 0) is 12.5 Å². The Kier molecular flexibility index (Phi) is 4.88. The van der Waals surface area contributed by atoms with Gasteiger partial charge in [-0.2, -0.15) is 0 Å². The third kappa shape index (κ3) is 3.20. The zero-order valence-electron chi connectivity index (χ0n) is 12.4. The molecule has 2 heterocycles. The van der Waals surface area contributed by atoms with E-state index in [0.29, 0.717) is 19.5 Å². The topological polar surface area (TPSA) is 53.5 Å². The quantitative estimate of drug-likeness (QED) is 0.849. The average Bonchev–Trinajstić information content (AvgIpc) is 2.48. The molecule has 1 aliphatic heterocycles. The lowest BCUT2D eigenvalue weighted by Gasteiger charge is -2.39. The molecule has 1 fully saturated rings. The monoisotopic (exact) mass is 293 g/mol. The molecule has 1 aromatic rings. The van der Waals surface area contributed by atoms with E-state index in [0.717, 1.165) is 19.0 Å². The van der Waals surface area contributed by atoms with E-state index in [9.17, 15) is 14.0 Å². The Hall–Kier alpha value is -1.98. The maximum absolute atomic E-state index is 13.7. The highest BCUT2D eigenvalue weighted by atomic mass is 19.1. The molecule has 0 spiro atoms. The number of carbonyl (C=O) groups excluding carboxylic acids is 2. The van der Waals surface area contributed by atoms with E-state index in [2.05, 4.69) is 4.98 Å². The van der Waals surface area contributed by atoms with E-state index in [1.165, 1.54) is 17.2 Å². The summed E-state index contributed by atoms with van der Waals surface area (Å²) >= 11 is 0. The van der Waals surface area contributed by atoms with Crippen molar-refractivity contribution in [1.29, 1.82) is 0 Å². The van der Waals surface area contributed by atoms with Crippen LogP contribution >= 0.6 is 0 Å². The molecule has 0 bridgehead atoms. The summed E-state index contributed by atoms with van der Waals surface area (Å²) in [6.07, 6.45) is 4.81. The van der Waals surface area contributed by atoms with Gasteiger partial charge in [-0.15, -0.1) is 0 Å². The van der Waals surface area contributed by atoms with Crippen LogP contribution < -0.4 is 0 Å². The molecule has 0 aliphatic carbocycles. The lowest BCUT2D eigenvalue weighted by Crippen LogP contribution is -2.57. The summed E-state index contributed by atoms with van der Waals surface area (Å²) in [6.45, 7) is 2.93. The molecule has 0 saturated carbocycles. The van der Waals surface area contributed by atoms with Gasteiger partial charge in [-0.3, -0.25) is 14.6 Å². The molecule has 2 rings (SSSR count). The molecule has 2 amide bonds. The smallest absolute Gasteiger partial charge is 0.257 e. The minimum Gasteiger partial charge on any atom is -0.342 e. The van der Waals surface area contributed by atoms with Gasteiger partial charge >= 0.3 is 0 Å². The first-order chi connectivity index (χ1) is 10.1. The number of likely N-dealkylation sites (N-methyl/N-ethyl adjacent to an activating group) is 1. The van der Waals surface area contributed by atoms with Gasteiger partial charge in [0.05, 0.1) is 11.8 Å². The molecular formula is C15H20FN3O2. The number of aromatic nitrogens is 1. The van der Waals surface area contributed by atoms with Crippen molar-refractivity contribution in [3.05, 3.63) is 29.8 Å². The third-order valence-electron chi connectivity index (χ3n) is 3.81. The summed E-state index contributed by atoms with van der Waals surface area (Å²) in [4.78, 5) is 31.6. The molecule has 6 heteroatoms. The number of hydrogen-bond donors (Lipinski definition) is 0. The molecule has 5 nitrogen and oxygen atoms in total. The molecule has 0 aromatic carbocycles. The highest BCUT2D eigenvalue weighted by Gasteiger charge is 2.36. The van der Waals surface area contributed by atoms with Gasteiger partial charge in [0.15, 0.2) is 5.82 Å². The minimum absolute atomic E-state index is 0.0242. The molecule has 21 heavy (non-hydrogen) atoms. The summed E-state index contributed by atoms with van der Waals surface area (Å²) < 4.78 is 13.7. The molecule has 1 aliphatic rings. The second-order valence-corrected chi connectivity index (χ2v) is 5.27. The molecule has 114 valence electrons. The zero-order valence-corrected chi connectivity index (χ0v) is 12.4. The van der Waals surface area contributed by atoms with Crippen LogP contribution in [0.25, 0.3) is 0 Å². The van der Waals surface area contributed by atoms with Gasteiger partial charge in [0.2, 0.25) is 5.91 Å². The molecular weight excluding hydrogens is 273 g/mol. The summed E-state index contributed by atoms with van der Waals surface area (Å²) in [6, 6.07) is 0.862. The van der Waals surface area contributed by atoms with Crippen LogP contribution in [0.5, 0.6) is 0 Å². The summed E-state index contributed by atoms with van der Waals surface area (Å²) in [5, 5.41) is 0. The largest absolute Gasteiger partial charge is 0.342 e. The van der Waals surface area contributed by atoms with Crippen molar-refractivity contribution in [1.82, 2.24) is 14.8 Å². The fourth-order valence-corrected chi connectivity index (χ4v) is 2.53. The van der Waals surface area contributed by atoms with Gasteiger partial charge < -0.3 is 9.80 Å². The Morgan fingerprint density at radius 3 is 2.90 bits per heavy atom. The maximum atomic E-state index is 13.7. The van der Waals surface area contributed by atoms with E-state index < -0.39 is 17.8 Å². The first kappa shape index (κ1) is 15.4. The van der Waals surface area contributed by atoms with Gasteiger partial charge in [0, 0.05) is 26.3 Å². The zero-order chi connectivity index (χ0) is 15.4. The van der Waals surface area contributed by atoms with E-state index in [1.54, 1.807) is 11.9 Å². The number of pyridine rings is 1. The van der Waals surface area contributed by atoms with Crippen molar-refractivity contribution in [2.45, 2.75) is 32.2 Å². The Morgan fingerprint density at radius 2 is 2.24 bits per heavy atom. The summed E-state index contributed by atoms with van der Waals surface area (Å²) in [5.41, 5.74) is -0.0242. The SMILES string of the molecule is CCCC[C@@H]1C(=O)N(C)CCN1C(=O)c1ccncc1F. The van der Waals surface area contributed by atoms with Crippen LogP contribution in [0.1, 0.15) is 36.5 Å². The van der Waals surface area contributed by atoms with Crippen molar-refractivity contribution in [2.75, 3.05) is 20.1 Å². The molecule has 0 unspecified atom stereocenters. The van der Waals surface area contributed by atoms with Crippen molar-refractivity contribution in [3.63, 3.8) is 0 Å².